The van der Waals surface area contributed by atoms with Crippen LogP contribution < -0.4 is 9.47 Å². The Morgan fingerprint density at radius 2 is 1.76 bits per heavy atom. The molecule has 0 bridgehead atoms. The third-order valence-corrected chi connectivity index (χ3v) is 8.73. The maximum atomic E-state index is 13.0. The van der Waals surface area contributed by atoms with Crippen LogP contribution >= 0.6 is 23.1 Å². The van der Waals surface area contributed by atoms with Crippen LogP contribution in [0.4, 0.5) is 13.2 Å². The number of benzene rings is 2. The zero-order chi connectivity index (χ0) is 24.9. The van der Waals surface area contributed by atoms with Crippen LogP contribution in [0.5, 0.6) is 17.2 Å². The number of ether oxygens (including phenoxy) is 2. The lowest BCUT2D eigenvalue weighted by atomic mass is 10.2. The van der Waals surface area contributed by atoms with Crippen molar-refractivity contribution in [3.63, 3.8) is 0 Å². The van der Waals surface area contributed by atoms with Gasteiger partial charge in [-0.05, 0) is 66.4 Å². The molecule has 0 aliphatic heterocycles. The van der Waals surface area contributed by atoms with Gasteiger partial charge in [-0.3, -0.25) is 10.0 Å². The number of sulfone groups is 1. The van der Waals surface area contributed by atoms with Crippen molar-refractivity contribution in [3.05, 3.63) is 65.5 Å². The van der Waals surface area contributed by atoms with E-state index in [9.17, 15) is 31.6 Å². The molecular formula is C21H18F3NO6S3. The summed E-state index contributed by atoms with van der Waals surface area (Å²) in [6.45, 7) is 1.18. The second kappa shape index (κ2) is 10.7. The molecular weight excluding hydrogens is 515 g/mol. The van der Waals surface area contributed by atoms with Crippen LogP contribution in [0.15, 0.2) is 69.1 Å². The third kappa shape index (κ3) is 6.65. The molecule has 0 radical (unpaired) electrons. The fourth-order valence-corrected chi connectivity index (χ4v) is 6.08. The molecule has 1 N–H and O–H groups in total. The lowest BCUT2D eigenvalue weighted by Crippen LogP contribution is -2.35. The largest absolute Gasteiger partial charge is 0.573 e. The van der Waals surface area contributed by atoms with Crippen molar-refractivity contribution in [1.82, 2.24) is 5.06 Å². The second-order valence-electron chi connectivity index (χ2n) is 6.74. The molecule has 1 aromatic heterocycles. The third-order valence-electron chi connectivity index (χ3n) is 4.43. The van der Waals surface area contributed by atoms with Gasteiger partial charge in [0.05, 0.1) is 9.10 Å². The summed E-state index contributed by atoms with van der Waals surface area (Å²) in [5.41, 5.74) is 0.360. The molecule has 3 rings (SSSR count). The molecule has 1 atom stereocenters. The molecule has 0 fully saturated rings. The van der Waals surface area contributed by atoms with Gasteiger partial charge in [0.1, 0.15) is 17.2 Å². The van der Waals surface area contributed by atoms with Crippen LogP contribution in [-0.2, 0) is 20.4 Å². The molecule has 3 aromatic rings. The van der Waals surface area contributed by atoms with Crippen molar-refractivity contribution in [2.75, 3.05) is 0 Å². The zero-order valence-electron chi connectivity index (χ0n) is 17.4. The summed E-state index contributed by atoms with van der Waals surface area (Å²) in [5.74, 6) is 0.281. The van der Waals surface area contributed by atoms with E-state index in [4.69, 9.17) is 4.74 Å². The van der Waals surface area contributed by atoms with Gasteiger partial charge in [0.2, 0.25) is 16.2 Å². The monoisotopic (exact) mass is 533 g/mol. The predicted molar refractivity (Wildman–Crippen MR) is 120 cm³/mol. The average Bonchev–Trinajstić information content (AvgIpc) is 3.30. The first-order valence-electron chi connectivity index (χ1n) is 9.49. The number of nitrogens with zero attached hydrogens (tertiary/aromatic N) is 1. The van der Waals surface area contributed by atoms with Gasteiger partial charge in [-0.25, -0.2) is 13.5 Å². The molecule has 7 nitrogen and oxygen atoms in total. The number of hydrogen-bond acceptors (Lipinski definition) is 8. The Labute approximate surface area is 201 Å². The number of carbonyl (C=O) groups excluding carboxylic acids is 1. The Balaban J connectivity index is 1.89. The van der Waals surface area contributed by atoms with E-state index in [0.717, 1.165) is 16.3 Å². The molecule has 0 saturated carbocycles. The molecule has 13 heteroatoms. The van der Waals surface area contributed by atoms with E-state index < -0.39 is 27.3 Å². The molecule has 0 aliphatic carbocycles. The lowest BCUT2D eigenvalue weighted by molar-refractivity contribution is -0.274. The van der Waals surface area contributed by atoms with Crippen molar-refractivity contribution in [3.8, 4) is 17.2 Å². The highest BCUT2D eigenvalue weighted by atomic mass is 32.2. The van der Waals surface area contributed by atoms with E-state index in [1.165, 1.54) is 60.4 Å². The van der Waals surface area contributed by atoms with Gasteiger partial charge in [-0.1, -0.05) is 6.07 Å². The smallest absolute Gasteiger partial charge is 0.457 e. The molecule has 1 unspecified atom stereocenters. The van der Waals surface area contributed by atoms with Crippen molar-refractivity contribution >= 4 is 39.3 Å². The van der Waals surface area contributed by atoms with Crippen molar-refractivity contribution in [1.29, 1.82) is 0 Å². The van der Waals surface area contributed by atoms with E-state index in [-0.39, 0.29) is 33.6 Å². The number of halogens is 3. The first-order valence-corrected chi connectivity index (χ1v) is 12.9. The van der Waals surface area contributed by atoms with E-state index in [1.807, 2.05) is 17.5 Å². The van der Waals surface area contributed by atoms with Gasteiger partial charge in [0.15, 0.2) is 5.37 Å². The molecule has 1 heterocycles. The first kappa shape index (κ1) is 25.9. The van der Waals surface area contributed by atoms with Crippen LogP contribution in [0.3, 0.4) is 0 Å². The Kier molecular flexibility index (Phi) is 8.13. The number of amides is 1. The Hall–Kier alpha value is -2.74. The minimum Gasteiger partial charge on any atom is -0.457 e. The standard InChI is InChI=1S/C21H18F3NO6S3/c1-14(25(27)13-26)34(28,29)19-9-8-18(11-15(19)12-33-20-3-2-10-32-20)30-16-4-6-17(7-5-16)31-21(22,23)24/h2-11,13-14,27H,12H2,1H3. The van der Waals surface area contributed by atoms with E-state index in [2.05, 4.69) is 4.74 Å². The summed E-state index contributed by atoms with van der Waals surface area (Å²) in [7, 11) is -4.13. The number of alkyl halides is 3. The summed E-state index contributed by atoms with van der Waals surface area (Å²) in [6.07, 6.45) is -4.81. The number of carbonyl (C=O) groups is 1. The van der Waals surface area contributed by atoms with E-state index in [0.29, 0.717) is 5.56 Å². The quantitative estimate of drug-likeness (QED) is 0.155. The van der Waals surface area contributed by atoms with Crippen LogP contribution in [-0.4, -0.2) is 36.8 Å². The van der Waals surface area contributed by atoms with Crippen molar-refractivity contribution < 1.29 is 41.1 Å². The second-order valence-corrected chi connectivity index (χ2v) is 11.2. The van der Waals surface area contributed by atoms with Crippen molar-refractivity contribution in [2.45, 2.75) is 33.5 Å². The predicted octanol–water partition coefficient (Wildman–Crippen LogP) is 5.70. The Morgan fingerprint density at radius 1 is 1.12 bits per heavy atom. The summed E-state index contributed by atoms with van der Waals surface area (Å²) in [4.78, 5) is 10.8. The topological polar surface area (TPSA) is 93.1 Å². The molecule has 34 heavy (non-hydrogen) atoms. The minimum absolute atomic E-state index is 0.00588. The van der Waals surface area contributed by atoms with Gasteiger partial charge in [-0.2, -0.15) is 0 Å². The Bertz CT molecular complexity index is 1220. The number of thiophene rings is 1. The van der Waals surface area contributed by atoms with Crippen LogP contribution in [0, 0.1) is 0 Å². The summed E-state index contributed by atoms with van der Waals surface area (Å²) in [5, 5.41) is 10.0. The molecule has 0 spiro atoms. The fraction of sp³-hybridized carbons (Fsp3) is 0.190. The van der Waals surface area contributed by atoms with Gasteiger partial charge >= 0.3 is 6.36 Å². The first-order chi connectivity index (χ1) is 16.0. The minimum atomic E-state index is -4.82. The summed E-state index contributed by atoms with van der Waals surface area (Å²) in [6, 6.07) is 12.6. The van der Waals surface area contributed by atoms with Gasteiger partial charge in [0.25, 0.3) is 0 Å². The Morgan fingerprint density at radius 3 is 2.35 bits per heavy atom. The van der Waals surface area contributed by atoms with Gasteiger partial charge in [-0.15, -0.1) is 36.3 Å². The number of hydroxylamine groups is 2. The SMILES string of the molecule is CC(N(O)C=O)S(=O)(=O)c1ccc(Oc2ccc(OC(F)(F)F)cc2)cc1CSc1cccs1. The molecule has 2 aromatic carbocycles. The highest BCUT2D eigenvalue weighted by molar-refractivity contribution is 8.00. The highest BCUT2D eigenvalue weighted by Gasteiger charge is 2.31. The lowest BCUT2D eigenvalue weighted by Gasteiger charge is -2.20. The number of hydrogen-bond donors (Lipinski definition) is 1. The fourth-order valence-electron chi connectivity index (χ4n) is 2.76. The van der Waals surface area contributed by atoms with Crippen LogP contribution in [0.25, 0.3) is 0 Å². The van der Waals surface area contributed by atoms with Crippen molar-refractivity contribution in [2.24, 2.45) is 0 Å². The van der Waals surface area contributed by atoms with Gasteiger partial charge < -0.3 is 9.47 Å². The van der Waals surface area contributed by atoms with Crippen LogP contribution in [0.1, 0.15) is 12.5 Å². The highest BCUT2D eigenvalue weighted by Crippen LogP contribution is 2.34. The molecule has 0 aliphatic rings. The molecule has 182 valence electrons. The van der Waals surface area contributed by atoms with E-state index in [1.54, 1.807) is 0 Å². The number of thioether (sulfide) groups is 1. The van der Waals surface area contributed by atoms with Gasteiger partial charge in [0, 0.05) is 5.75 Å². The maximum absolute atomic E-state index is 13.0. The zero-order valence-corrected chi connectivity index (χ0v) is 19.9. The maximum Gasteiger partial charge on any atom is 0.573 e. The van der Waals surface area contributed by atoms with E-state index >= 15 is 0 Å². The van der Waals surface area contributed by atoms with Crippen LogP contribution in [0.2, 0.25) is 0 Å². The summed E-state index contributed by atoms with van der Waals surface area (Å²) >= 11 is 2.87. The normalized spacial score (nSPS) is 12.7. The number of rotatable bonds is 10. The molecule has 0 saturated heterocycles. The average molecular weight is 534 g/mol. The molecule has 1 amide bonds. The summed E-state index contributed by atoms with van der Waals surface area (Å²) < 4.78 is 73.5.